The van der Waals surface area contributed by atoms with Crippen LogP contribution in [0.5, 0.6) is 17.2 Å². The number of non-ortho nitro benzene ring substituents is 1. The van der Waals surface area contributed by atoms with Gasteiger partial charge in [0.15, 0.2) is 0 Å². The molecule has 2 atom stereocenters. The van der Waals surface area contributed by atoms with Crippen LogP contribution in [-0.4, -0.2) is 68.2 Å². The van der Waals surface area contributed by atoms with Crippen molar-refractivity contribution in [2.75, 3.05) is 0 Å². The molecule has 0 radical (unpaired) electrons. The highest BCUT2D eigenvalue weighted by Gasteiger charge is 2.26. The number of carboxylic acid groups (broad SMARTS) is 2. The van der Waals surface area contributed by atoms with Crippen molar-refractivity contribution >= 4 is 50.3 Å². The summed E-state index contributed by atoms with van der Waals surface area (Å²) in [6.07, 6.45) is 0.257. The fourth-order valence-corrected chi connectivity index (χ4v) is 6.09. The summed E-state index contributed by atoms with van der Waals surface area (Å²) < 4.78 is 5.67. The number of phenols is 3. The van der Waals surface area contributed by atoms with Crippen molar-refractivity contribution in [2.45, 2.75) is 45.7 Å². The summed E-state index contributed by atoms with van der Waals surface area (Å²) in [5.41, 5.74) is 17.6. The number of aryl methyl sites for hydroxylation is 4. The summed E-state index contributed by atoms with van der Waals surface area (Å²) in [5, 5.41) is 59.8. The number of aliphatic carboxylic acids is 2. The van der Waals surface area contributed by atoms with Crippen LogP contribution < -0.4 is 11.5 Å². The molecule has 0 aliphatic rings. The van der Waals surface area contributed by atoms with Gasteiger partial charge >= 0.3 is 11.9 Å². The molecule has 6 rings (SSSR count). The minimum atomic E-state index is -1.17. The molecule has 0 fully saturated rings. The molecule has 3 heterocycles. The van der Waals surface area contributed by atoms with Crippen molar-refractivity contribution in [3.05, 3.63) is 92.9 Å². The zero-order valence-electron chi connectivity index (χ0n) is 29.1. The van der Waals surface area contributed by atoms with E-state index in [1.54, 1.807) is 48.9 Å². The monoisotopic (exact) mass is 702 g/mol. The third-order valence-corrected chi connectivity index (χ3v) is 9.24. The van der Waals surface area contributed by atoms with Gasteiger partial charge in [-0.1, -0.05) is 0 Å². The van der Waals surface area contributed by atoms with Crippen LogP contribution in [0.3, 0.4) is 0 Å². The van der Waals surface area contributed by atoms with Crippen molar-refractivity contribution in [1.29, 1.82) is 0 Å². The van der Waals surface area contributed by atoms with Gasteiger partial charge in [0.05, 0.1) is 32.9 Å². The fraction of sp³-hybridized carbons (Fsp3) is 0.278. The maximum atomic E-state index is 11.2. The van der Waals surface area contributed by atoms with Crippen LogP contribution in [-0.2, 0) is 43.6 Å². The third-order valence-electron chi connectivity index (χ3n) is 9.24. The maximum absolute atomic E-state index is 11.2. The van der Waals surface area contributed by atoms with E-state index in [9.17, 15) is 35.0 Å². The van der Waals surface area contributed by atoms with Crippen LogP contribution in [0.25, 0.3) is 32.7 Å². The number of hydrogen-bond donors (Lipinski definition) is 7. The largest absolute Gasteiger partial charge is 0.508 e. The number of nitrogens with two attached hydrogens (primary N) is 2. The number of aromatic hydroxyl groups is 3. The van der Waals surface area contributed by atoms with Gasteiger partial charge < -0.3 is 50.7 Å². The van der Waals surface area contributed by atoms with E-state index in [1.165, 1.54) is 17.1 Å². The number of nitro groups is 1. The quantitative estimate of drug-likeness (QED) is 0.0908. The molecule has 0 amide bonds. The lowest BCUT2D eigenvalue weighted by atomic mass is 10.0. The molecular formula is C36H42N6O9. The Kier molecular flexibility index (Phi) is 11.0. The van der Waals surface area contributed by atoms with E-state index in [0.717, 1.165) is 33.7 Å². The fourth-order valence-electron chi connectivity index (χ4n) is 6.09. The first kappa shape index (κ1) is 37.8. The predicted molar refractivity (Wildman–Crippen MR) is 193 cm³/mol. The van der Waals surface area contributed by atoms with Gasteiger partial charge in [0, 0.05) is 80.0 Å². The van der Waals surface area contributed by atoms with Crippen molar-refractivity contribution < 1.29 is 40.0 Å². The number of carboxylic acids is 2. The summed E-state index contributed by atoms with van der Waals surface area (Å²) in [4.78, 5) is 32.4. The Labute approximate surface area is 292 Å². The SMILES string of the molecule is Cc1c(CC(N)C(=O)O)c2c([N+](=O)[O-])cc(O)cc2n1C.Cc1c(CC(N)C(=O)O)c2ccc(O)cc2n1C.Cc1cc2ccc(O)cc2n1C. The summed E-state index contributed by atoms with van der Waals surface area (Å²) in [6.45, 7) is 5.70. The van der Waals surface area contributed by atoms with Crippen LogP contribution in [0.2, 0.25) is 0 Å². The molecular weight excluding hydrogens is 660 g/mol. The van der Waals surface area contributed by atoms with Gasteiger partial charge in [0.25, 0.3) is 5.69 Å². The van der Waals surface area contributed by atoms with Gasteiger partial charge in [-0.05, 0) is 62.2 Å². The third kappa shape index (κ3) is 7.74. The van der Waals surface area contributed by atoms with Crippen LogP contribution in [0.4, 0.5) is 5.69 Å². The Hall–Kier alpha value is -6.06. The first-order chi connectivity index (χ1) is 23.8. The van der Waals surface area contributed by atoms with Gasteiger partial charge in [-0.2, -0.15) is 0 Å². The second kappa shape index (κ2) is 14.8. The Morgan fingerprint density at radius 1 is 0.706 bits per heavy atom. The number of carbonyl (C=O) groups is 2. The second-order valence-electron chi connectivity index (χ2n) is 12.4. The number of aromatic nitrogens is 3. The highest BCUT2D eigenvalue weighted by atomic mass is 16.6. The number of benzene rings is 3. The minimum Gasteiger partial charge on any atom is -0.508 e. The molecule has 0 saturated carbocycles. The van der Waals surface area contributed by atoms with Gasteiger partial charge in [-0.3, -0.25) is 19.7 Å². The number of rotatable bonds is 7. The highest BCUT2D eigenvalue weighted by Crippen LogP contribution is 2.36. The van der Waals surface area contributed by atoms with Crippen LogP contribution in [0.15, 0.2) is 54.6 Å². The van der Waals surface area contributed by atoms with E-state index >= 15 is 0 Å². The molecule has 0 spiro atoms. The molecule has 3 aromatic carbocycles. The molecule has 0 saturated heterocycles. The summed E-state index contributed by atoms with van der Waals surface area (Å²) in [7, 11) is 5.57. The Bertz CT molecular complexity index is 2300. The highest BCUT2D eigenvalue weighted by molar-refractivity contribution is 5.95. The number of nitrogens with zero attached hydrogens (tertiary/aromatic N) is 4. The standard InChI is InChI=1S/C13H15N3O5.C13H16N2O3.C10H11NO/c1-6-8(5-9(14)13(18)19)12-10(15(6)2)3-7(17)4-11(12)16(20)21;1-7-10(6-11(14)13(17)18)9-4-3-8(16)5-12(9)15(7)2;1-7-5-8-3-4-9(12)6-10(8)11(7)2/h3-4,9,17H,5,14H2,1-2H3,(H,18,19);3-5,11,16H,6,14H2,1-2H3,(H,17,18);3-6,12H,1-2H3. The first-order valence-electron chi connectivity index (χ1n) is 15.8. The Morgan fingerprint density at radius 2 is 1.20 bits per heavy atom. The molecule has 15 nitrogen and oxygen atoms in total. The normalized spacial score (nSPS) is 12.2. The van der Waals surface area contributed by atoms with E-state index in [1.807, 2.05) is 31.7 Å². The molecule has 0 aliphatic heterocycles. The van der Waals surface area contributed by atoms with E-state index < -0.39 is 28.9 Å². The molecule has 15 heteroatoms. The van der Waals surface area contributed by atoms with E-state index in [2.05, 4.69) is 17.6 Å². The summed E-state index contributed by atoms with van der Waals surface area (Å²) in [5.74, 6) is -1.89. The minimum absolute atomic E-state index is 0.0237. The van der Waals surface area contributed by atoms with Crippen molar-refractivity contribution in [3.63, 3.8) is 0 Å². The number of nitro benzene ring substituents is 1. The number of hydrogen-bond acceptors (Lipinski definition) is 9. The molecule has 2 unspecified atom stereocenters. The molecule has 51 heavy (non-hydrogen) atoms. The van der Waals surface area contributed by atoms with Gasteiger partial charge in [0.2, 0.25) is 0 Å². The van der Waals surface area contributed by atoms with Crippen LogP contribution >= 0.6 is 0 Å². The molecule has 6 aromatic rings. The smallest absolute Gasteiger partial charge is 0.320 e. The lowest BCUT2D eigenvalue weighted by molar-refractivity contribution is -0.383. The number of fused-ring (bicyclic) bond motifs is 3. The van der Waals surface area contributed by atoms with Gasteiger partial charge in [-0.15, -0.1) is 0 Å². The summed E-state index contributed by atoms with van der Waals surface area (Å²) in [6, 6.07) is 13.0. The lowest BCUT2D eigenvalue weighted by Crippen LogP contribution is -2.32. The zero-order chi connectivity index (χ0) is 38.1. The van der Waals surface area contributed by atoms with Crippen LogP contribution in [0.1, 0.15) is 28.2 Å². The lowest BCUT2D eigenvalue weighted by Gasteiger charge is -2.07. The van der Waals surface area contributed by atoms with E-state index in [-0.39, 0.29) is 30.0 Å². The van der Waals surface area contributed by atoms with E-state index in [4.69, 9.17) is 21.7 Å². The topological polar surface area (TPSA) is 245 Å². The number of phenolic OH excluding ortho intramolecular Hbond substituents is 3. The molecule has 9 N–H and O–H groups in total. The van der Waals surface area contributed by atoms with Gasteiger partial charge in [0.1, 0.15) is 29.3 Å². The second-order valence-corrected chi connectivity index (χ2v) is 12.4. The van der Waals surface area contributed by atoms with Gasteiger partial charge in [-0.25, -0.2) is 0 Å². The van der Waals surface area contributed by atoms with Crippen molar-refractivity contribution in [1.82, 2.24) is 13.7 Å². The molecule has 0 bridgehead atoms. The molecule has 0 aliphatic carbocycles. The molecule has 3 aromatic heterocycles. The first-order valence-corrected chi connectivity index (χ1v) is 15.8. The average Bonchev–Trinajstić information content (AvgIpc) is 3.58. The zero-order valence-corrected chi connectivity index (χ0v) is 29.1. The summed E-state index contributed by atoms with van der Waals surface area (Å²) >= 11 is 0. The Morgan fingerprint density at radius 3 is 1.76 bits per heavy atom. The van der Waals surface area contributed by atoms with E-state index in [0.29, 0.717) is 27.9 Å². The van der Waals surface area contributed by atoms with Crippen LogP contribution in [0, 0.1) is 30.9 Å². The predicted octanol–water partition coefficient (Wildman–Crippen LogP) is 4.39. The van der Waals surface area contributed by atoms with Crippen molar-refractivity contribution in [2.24, 2.45) is 32.6 Å². The van der Waals surface area contributed by atoms with Crippen molar-refractivity contribution in [3.8, 4) is 17.2 Å². The maximum Gasteiger partial charge on any atom is 0.320 e. The Balaban J connectivity index is 0.000000177. The molecule has 270 valence electrons. The average molecular weight is 703 g/mol.